The molecule has 0 unspecified atom stereocenters. The fourth-order valence-corrected chi connectivity index (χ4v) is 2.42. The second kappa shape index (κ2) is 4.43. The molecule has 0 amide bonds. The van der Waals surface area contributed by atoms with E-state index in [2.05, 4.69) is 45.0 Å². The van der Waals surface area contributed by atoms with Crippen molar-refractivity contribution < 1.29 is 0 Å². The highest BCUT2D eigenvalue weighted by atomic mass is 32.1. The summed E-state index contributed by atoms with van der Waals surface area (Å²) in [5.74, 6) is 0.712. The van der Waals surface area contributed by atoms with E-state index in [9.17, 15) is 0 Å². The van der Waals surface area contributed by atoms with Crippen molar-refractivity contribution in [3.05, 3.63) is 16.1 Å². The maximum atomic E-state index is 4.65. The maximum Gasteiger partial charge on any atom is 0.0930 e. The van der Waals surface area contributed by atoms with Crippen LogP contribution in [0.15, 0.2) is 5.38 Å². The molecule has 14 heavy (non-hydrogen) atoms. The lowest BCUT2D eigenvalue weighted by atomic mass is 9.91. The lowest BCUT2D eigenvalue weighted by molar-refractivity contribution is 0.407. The number of rotatable bonds is 3. The van der Waals surface area contributed by atoms with Gasteiger partial charge in [0.2, 0.25) is 0 Å². The first kappa shape index (κ1) is 11.7. The SMILES string of the molecule is CC(C)Cc1nc(CC(C)(C)C)cs1. The molecule has 0 aromatic carbocycles. The topological polar surface area (TPSA) is 12.9 Å². The van der Waals surface area contributed by atoms with Crippen molar-refractivity contribution in [3.63, 3.8) is 0 Å². The van der Waals surface area contributed by atoms with E-state index in [0.29, 0.717) is 11.3 Å². The summed E-state index contributed by atoms with van der Waals surface area (Å²) < 4.78 is 0. The molecule has 1 nitrogen and oxygen atoms in total. The van der Waals surface area contributed by atoms with Crippen molar-refractivity contribution in [1.29, 1.82) is 0 Å². The van der Waals surface area contributed by atoms with Crippen LogP contribution in [-0.4, -0.2) is 4.98 Å². The van der Waals surface area contributed by atoms with Crippen molar-refractivity contribution in [3.8, 4) is 0 Å². The molecule has 0 N–H and O–H groups in total. The van der Waals surface area contributed by atoms with Gasteiger partial charge >= 0.3 is 0 Å². The van der Waals surface area contributed by atoms with Gasteiger partial charge < -0.3 is 0 Å². The average molecular weight is 211 g/mol. The number of aromatic nitrogens is 1. The van der Waals surface area contributed by atoms with Gasteiger partial charge in [-0.2, -0.15) is 0 Å². The van der Waals surface area contributed by atoms with Crippen LogP contribution < -0.4 is 0 Å². The zero-order valence-electron chi connectivity index (χ0n) is 9.92. The summed E-state index contributed by atoms with van der Waals surface area (Å²) in [6.07, 6.45) is 2.20. The van der Waals surface area contributed by atoms with Crippen LogP contribution in [0.3, 0.4) is 0 Å². The molecule has 0 aliphatic heterocycles. The smallest absolute Gasteiger partial charge is 0.0930 e. The fraction of sp³-hybridized carbons (Fsp3) is 0.750. The molecular formula is C12H21NS. The summed E-state index contributed by atoms with van der Waals surface area (Å²) in [6, 6.07) is 0. The molecular weight excluding hydrogens is 190 g/mol. The second-order valence-corrected chi connectivity index (χ2v) is 6.51. The van der Waals surface area contributed by atoms with Crippen LogP contribution in [0.5, 0.6) is 0 Å². The molecule has 2 heteroatoms. The summed E-state index contributed by atoms with van der Waals surface area (Å²) in [7, 11) is 0. The molecule has 0 aliphatic rings. The molecule has 80 valence electrons. The third kappa shape index (κ3) is 4.23. The Bertz CT molecular complexity index is 281. The van der Waals surface area contributed by atoms with Crippen molar-refractivity contribution in [2.24, 2.45) is 11.3 Å². The standard InChI is InChI=1S/C12H21NS/c1-9(2)6-11-13-10(8-14-11)7-12(3,4)5/h8-9H,6-7H2,1-5H3. The Balaban J connectivity index is 2.60. The largest absolute Gasteiger partial charge is 0.246 e. The molecule has 1 aromatic rings. The Labute approximate surface area is 91.6 Å². The Morgan fingerprint density at radius 1 is 1.36 bits per heavy atom. The highest BCUT2D eigenvalue weighted by Gasteiger charge is 2.13. The van der Waals surface area contributed by atoms with Gasteiger partial charge in [-0.25, -0.2) is 4.98 Å². The number of nitrogens with zero attached hydrogens (tertiary/aromatic N) is 1. The molecule has 0 aliphatic carbocycles. The monoisotopic (exact) mass is 211 g/mol. The Kier molecular flexibility index (Phi) is 3.71. The van der Waals surface area contributed by atoms with Gasteiger partial charge in [-0.1, -0.05) is 34.6 Å². The van der Waals surface area contributed by atoms with Gasteiger partial charge in [0.05, 0.1) is 10.7 Å². The summed E-state index contributed by atoms with van der Waals surface area (Å²) in [4.78, 5) is 4.65. The van der Waals surface area contributed by atoms with Crippen molar-refractivity contribution >= 4 is 11.3 Å². The second-order valence-electron chi connectivity index (χ2n) is 5.57. The van der Waals surface area contributed by atoms with Gasteiger partial charge in [-0.05, 0) is 17.8 Å². The summed E-state index contributed by atoms with van der Waals surface area (Å²) in [5.41, 5.74) is 1.61. The van der Waals surface area contributed by atoms with E-state index in [1.165, 1.54) is 10.7 Å². The van der Waals surface area contributed by atoms with Gasteiger partial charge in [0.1, 0.15) is 0 Å². The van der Waals surface area contributed by atoms with E-state index >= 15 is 0 Å². The average Bonchev–Trinajstić information content (AvgIpc) is 2.30. The molecule has 0 saturated heterocycles. The lowest BCUT2D eigenvalue weighted by Crippen LogP contribution is -2.09. The molecule has 0 saturated carbocycles. The van der Waals surface area contributed by atoms with Crippen LogP contribution in [0.1, 0.15) is 45.3 Å². The Morgan fingerprint density at radius 2 is 2.00 bits per heavy atom. The van der Waals surface area contributed by atoms with Gasteiger partial charge in [0.15, 0.2) is 0 Å². The first-order valence-corrected chi connectivity index (χ1v) is 6.18. The van der Waals surface area contributed by atoms with Gasteiger partial charge in [0.25, 0.3) is 0 Å². The normalized spacial score (nSPS) is 12.4. The van der Waals surface area contributed by atoms with E-state index in [0.717, 1.165) is 12.8 Å². The van der Waals surface area contributed by atoms with Crippen molar-refractivity contribution in [1.82, 2.24) is 4.98 Å². The Morgan fingerprint density at radius 3 is 2.50 bits per heavy atom. The molecule has 0 radical (unpaired) electrons. The van der Waals surface area contributed by atoms with Gasteiger partial charge in [-0.15, -0.1) is 11.3 Å². The van der Waals surface area contributed by atoms with E-state index < -0.39 is 0 Å². The van der Waals surface area contributed by atoms with Crippen molar-refractivity contribution in [2.45, 2.75) is 47.5 Å². The molecule has 1 heterocycles. The first-order valence-electron chi connectivity index (χ1n) is 5.30. The van der Waals surface area contributed by atoms with E-state index in [1.54, 1.807) is 0 Å². The molecule has 1 rings (SSSR count). The van der Waals surface area contributed by atoms with E-state index in [1.807, 2.05) is 11.3 Å². The van der Waals surface area contributed by atoms with Gasteiger partial charge in [-0.3, -0.25) is 0 Å². The van der Waals surface area contributed by atoms with Crippen LogP contribution >= 0.6 is 11.3 Å². The van der Waals surface area contributed by atoms with E-state index in [4.69, 9.17) is 0 Å². The third-order valence-corrected chi connectivity index (χ3v) is 2.81. The van der Waals surface area contributed by atoms with Crippen molar-refractivity contribution in [2.75, 3.05) is 0 Å². The minimum absolute atomic E-state index is 0.350. The lowest BCUT2D eigenvalue weighted by Gasteiger charge is -2.15. The molecule has 1 aromatic heterocycles. The van der Waals surface area contributed by atoms with Crippen LogP contribution in [0.2, 0.25) is 0 Å². The van der Waals surface area contributed by atoms with Crippen LogP contribution in [-0.2, 0) is 12.8 Å². The minimum Gasteiger partial charge on any atom is -0.246 e. The summed E-state index contributed by atoms with van der Waals surface area (Å²) in [5, 5.41) is 3.50. The predicted octanol–water partition coefficient (Wildman–Crippen LogP) is 3.93. The molecule has 0 spiro atoms. The highest BCUT2D eigenvalue weighted by molar-refractivity contribution is 7.09. The zero-order valence-corrected chi connectivity index (χ0v) is 10.7. The third-order valence-electron chi connectivity index (χ3n) is 1.89. The number of thiazole rings is 1. The quantitative estimate of drug-likeness (QED) is 0.738. The predicted molar refractivity (Wildman–Crippen MR) is 63.8 cm³/mol. The maximum absolute atomic E-state index is 4.65. The molecule has 0 atom stereocenters. The van der Waals surface area contributed by atoms with Crippen LogP contribution in [0.25, 0.3) is 0 Å². The zero-order chi connectivity index (χ0) is 10.8. The molecule has 0 fully saturated rings. The Hall–Kier alpha value is -0.370. The number of hydrogen-bond acceptors (Lipinski definition) is 2. The summed E-state index contributed by atoms with van der Waals surface area (Å²) in [6.45, 7) is 11.3. The fourth-order valence-electron chi connectivity index (χ4n) is 1.42. The highest BCUT2D eigenvalue weighted by Crippen LogP contribution is 2.22. The van der Waals surface area contributed by atoms with E-state index in [-0.39, 0.29) is 0 Å². The number of hydrogen-bond donors (Lipinski definition) is 0. The first-order chi connectivity index (χ1) is 6.37. The van der Waals surface area contributed by atoms with Crippen LogP contribution in [0, 0.1) is 11.3 Å². The molecule has 0 bridgehead atoms. The summed E-state index contributed by atoms with van der Waals surface area (Å²) >= 11 is 1.81. The van der Waals surface area contributed by atoms with Gasteiger partial charge in [0, 0.05) is 11.8 Å². The van der Waals surface area contributed by atoms with Crippen LogP contribution in [0.4, 0.5) is 0 Å². The minimum atomic E-state index is 0.350.